The molecule has 0 unspecified atom stereocenters. The molecule has 4 rings (SSSR count). The number of nitrogens with zero attached hydrogens (tertiary/aromatic N) is 1. The summed E-state index contributed by atoms with van der Waals surface area (Å²) < 4.78 is 26.4. The lowest BCUT2D eigenvalue weighted by atomic mass is 10.1. The predicted molar refractivity (Wildman–Crippen MR) is 113 cm³/mol. The van der Waals surface area contributed by atoms with Gasteiger partial charge in [0.25, 0.3) is 5.91 Å². The Labute approximate surface area is 165 Å². The quantitative estimate of drug-likeness (QED) is 0.719. The van der Waals surface area contributed by atoms with Gasteiger partial charge in [0.05, 0.1) is 11.4 Å². The molecule has 1 heterocycles. The SMILES string of the molecule is Cc1ccc(C(=O)Nc2cccc3ccccc23)cc1N1CCCCS1(=O)=O. The molecule has 1 aliphatic heterocycles. The summed E-state index contributed by atoms with van der Waals surface area (Å²) in [6, 6.07) is 18.8. The standard InChI is InChI=1S/C22H22N2O3S/c1-16-11-12-18(15-21(16)24-13-4-5-14-28(24,26)27)22(25)23-20-10-6-8-17-7-2-3-9-19(17)20/h2-3,6-12,15H,4-5,13-14H2,1H3,(H,23,25). The highest BCUT2D eigenvalue weighted by Crippen LogP contribution is 2.29. The second-order valence-corrected chi connectivity index (χ2v) is 9.09. The summed E-state index contributed by atoms with van der Waals surface area (Å²) >= 11 is 0. The number of amides is 1. The van der Waals surface area contributed by atoms with Crippen LogP contribution >= 0.6 is 0 Å². The normalized spacial score (nSPS) is 16.1. The summed E-state index contributed by atoms with van der Waals surface area (Å²) in [7, 11) is -3.33. The third-order valence-electron chi connectivity index (χ3n) is 5.13. The van der Waals surface area contributed by atoms with E-state index in [0.29, 0.717) is 24.2 Å². The average Bonchev–Trinajstić information content (AvgIpc) is 2.69. The number of fused-ring (bicyclic) bond motifs is 1. The summed E-state index contributed by atoms with van der Waals surface area (Å²) in [6.07, 6.45) is 1.50. The molecule has 3 aromatic carbocycles. The minimum Gasteiger partial charge on any atom is -0.321 e. The largest absolute Gasteiger partial charge is 0.321 e. The van der Waals surface area contributed by atoms with Crippen LogP contribution in [0.4, 0.5) is 11.4 Å². The molecule has 5 nitrogen and oxygen atoms in total. The van der Waals surface area contributed by atoms with E-state index in [4.69, 9.17) is 0 Å². The fraction of sp³-hybridized carbons (Fsp3) is 0.227. The van der Waals surface area contributed by atoms with Crippen molar-refractivity contribution in [3.05, 3.63) is 71.8 Å². The second kappa shape index (κ2) is 7.28. The minimum atomic E-state index is -3.33. The van der Waals surface area contributed by atoms with Crippen molar-refractivity contribution >= 4 is 38.1 Å². The second-order valence-electron chi connectivity index (χ2n) is 7.08. The maximum absolute atomic E-state index is 12.9. The van der Waals surface area contributed by atoms with E-state index in [2.05, 4.69) is 5.32 Å². The molecule has 0 atom stereocenters. The highest BCUT2D eigenvalue weighted by atomic mass is 32.2. The fourth-order valence-corrected chi connectivity index (χ4v) is 5.30. The number of benzene rings is 3. The van der Waals surface area contributed by atoms with Crippen LogP contribution in [0.3, 0.4) is 0 Å². The Morgan fingerprint density at radius 3 is 2.61 bits per heavy atom. The highest BCUT2D eigenvalue weighted by molar-refractivity contribution is 7.92. The molecular formula is C22H22N2O3S. The van der Waals surface area contributed by atoms with Gasteiger partial charge in [0.1, 0.15) is 0 Å². The molecular weight excluding hydrogens is 372 g/mol. The van der Waals surface area contributed by atoms with Crippen molar-refractivity contribution in [2.24, 2.45) is 0 Å². The lowest BCUT2D eigenvalue weighted by molar-refractivity contribution is 0.102. The number of nitrogens with one attached hydrogen (secondary N) is 1. The molecule has 1 aliphatic rings. The lowest BCUT2D eigenvalue weighted by Crippen LogP contribution is -2.38. The maximum Gasteiger partial charge on any atom is 0.255 e. The summed E-state index contributed by atoms with van der Waals surface area (Å²) in [5, 5.41) is 4.97. The molecule has 0 saturated carbocycles. The van der Waals surface area contributed by atoms with E-state index in [1.54, 1.807) is 18.2 Å². The van der Waals surface area contributed by atoms with E-state index >= 15 is 0 Å². The molecule has 1 saturated heterocycles. The van der Waals surface area contributed by atoms with Gasteiger partial charge in [0, 0.05) is 23.2 Å². The first kappa shape index (κ1) is 18.5. The van der Waals surface area contributed by atoms with Crippen LogP contribution in [0.1, 0.15) is 28.8 Å². The van der Waals surface area contributed by atoms with E-state index in [1.807, 2.05) is 49.4 Å². The van der Waals surface area contributed by atoms with Crippen LogP contribution in [0.15, 0.2) is 60.7 Å². The summed E-state index contributed by atoms with van der Waals surface area (Å²) in [5.74, 6) is -0.106. The van der Waals surface area contributed by atoms with Crippen LogP contribution in [0.25, 0.3) is 10.8 Å². The van der Waals surface area contributed by atoms with Crippen LogP contribution in [-0.2, 0) is 10.0 Å². The number of carbonyl (C=O) groups is 1. The number of sulfonamides is 1. The fourth-order valence-electron chi connectivity index (χ4n) is 3.61. The van der Waals surface area contributed by atoms with Gasteiger partial charge in [-0.05, 0) is 48.9 Å². The third kappa shape index (κ3) is 3.47. The summed E-state index contributed by atoms with van der Waals surface area (Å²) in [4.78, 5) is 12.9. The predicted octanol–water partition coefficient (Wildman–Crippen LogP) is 4.33. The molecule has 0 aromatic heterocycles. The topological polar surface area (TPSA) is 66.5 Å². The molecule has 1 N–H and O–H groups in total. The van der Waals surface area contributed by atoms with E-state index < -0.39 is 10.0 Å². The van der Waals surface area contributed by atoms with Gasteiger partial charge in [-0.3, -0.25) is 9.10 Å². The van der Waals surface area contributed by atoms with Crippen molar-refractivity contribution in [2.75, 3.05) is 21.9 Å². The Kier molecular flexibility index (Phi) is 4.81. The number of aryl methyl sites for hydroxylation is 1. The van der Waals surface area contributed by atoms with Gasteiger partial charge in [-0.25, -0.2) is 8.42 Å². The highest BCUT2D eigenvalue weighted by Gasteiger charge is 2.27. The molecule has 0 spiro atoms. The van der Waals surface area contributed by atoms with Crippen LogP contribution in [-0.4, -0.2) is 26.6 Å². The molecule has 0 aliphatic carbocycles. The molecule has 0 bridgehead atoms. The average molecular weight is 394 g/mol. The monoisotopic (exact) mass is 394 g/mol. The number of hydrogen-bond donors (Lipinski definition) is 1. The zero-order valence-corrected chi connectivity index (χ0v) is 16.5. The Bertz CT molecular complexity index is 1150. The van der Waals surface area contributed by atoms with Gasteiger partial charge < -0.3 is 5.32 Å². The number of anilines is 2. The Morgan fingerprint density at radius 2 is 1.79 bits per heavy atom. The first-order valence-corrected chi connectivity index (χ1v) is 11.0. The lowest BCUT2D eigenvalue weighted by Gasteiger charge is -2.29. The first-order valence-electron chi connectivity index (χ1n) is 9.36. The van der Waals surface area contributed by atoms with Crippen molar-refractivity contribution in [1.29, 1.82) is 0 Å². The van der Waals surface area contributed by atoms with Gasteiger partial charge in [-0.2, -0.15) is 0 Å². The van der Waals surface area contributed by atoms with Crippen LogP contribution in [0.2, 0.25) is 0 Å². The number of carbonyl (C=O) groups excluding carboxylic acids is 1. The molecule has 6 heteroatoms. The van der Waals surface area contributed by atoms with Crippen molar-refractivity contribution in [2.45, 2.75) is 19.8 Å². The van der Waals surface area contributed by atoms with E-state index in [9.17, 15) is 13.2 Å². The van der Waals surface area contributed by atoms with Crippen LogP contribution in [0.5, 0.6) is 0 Å². The van der Waals surface area contributed by atoms with Crippen LogP contribution in [0, 0.1) is 6.92 Å². The van der Waals surface area contributed by atoms with Gasteiger partial charge >= 0.3 is 0 Å². The van der Waals surface area contributed by atoms with Crippen molar-refractivity contribution in [3.8, 4) is 0 Å². The third-order valence-corrected chi connectivity index (χ3v) is 6.98. The van der Waals surface area contributed by atoms with Crippen molar-refractivity contribution in [3.63, 3.8) is 0 Å². The van der Waals surface area contributed by atoms with E-state index in [0.717, 1.165) is 28.4 Å². The maximum atomic E-state index is 12.9. The van der Waals surface area contributed by atoms with Crippen LogP contribution < -0.4 is 9.62 Å². The Morgan fingerprint density at radius 1 is 1.00 bits per heavy atom. The van der Waals surface area contributed by atoms with Gasteiger partial charge in [0.15, 0.2) is 0 Å². The van der Waals surface area contributed by atoms with Gasteiger partial charge in [0.2, 0.25) is 10.0 Å². The van der Waals surface area contributed by atoms with E-state index in [1.165, 1.54) is 4.31 Å². The van der Waals surface area contributed by atoms with Gasteiger partial charge in [-0.15, -0.1) is 0 Å². The van der Waals surface area contributed by atoms with Gasteiger partial charge in [-0.1, -0.05) is 42.5 Å². The molecule has 0 radical (unpaired) electrons. The van der Waals surface area contributed by atoms with Crippen molar-refractivity contribution < 1.29 is 13.2 Å². The molecule has 28 heavy (non-hydrogen) atoms. The Hall–Kier alpha value is -2.86. The Balaban J connectivity index is 1.67. The molecule has 1 fully saturated rings. The summed E-state index contributed by atoms with van der Waals surface area (Å²) in [6.45, 7) is 2.32. The first-order chi connectivity index (χ1) is 13.5. The number of rotatable bonds is 3. The zero-order valence-electron chi connectivity index (χ0n) is 15.7. The zero-order chi connectivity index (χ0) is 19.7. The number of hydrogen-bond acceptors (Lipinski definition) is 3. The van der Waals surface area contributed by atoms with E-state index in [-0.39, 0.29) is 11.7 Å². The molecule has 3 aromatic rings. The molecule has 144 valence electrons. The smallest absolute Gasteiger partial charge is 0.255 e. The minimum absolute atomic E-state index is 0.152. The summed E-state index contributed by atoms with van der Waals surface area (Å²) in [5.41, 5.74) is 2.60. The van der Waals surface area contributed by atoms with Crippen molar-refractivity contribution in [1.82, 2.24) is 0 Å². The molecule has 1 amide bonds.